The maximum absolute atomic E-state index is 12.4. The van der Waals surface area contributed by atoms with Crippen molar-refractivity contribution in [1.29, 1.82) is 0 Å². The molecule has 0 aliphatic carbocycles. The molecule has 1 aliphatic heterocycles. The van der Waals surface area contributed by atoms with E-state index in [0.717, 1.165) is 22.0 Å². The van der Waals surface area contributed by atoms with Crippen molar-refractivity contribution in [1.82, 2.24) is 9.78 Å². The van der Waals surface area contributed by atoms with E-state index in [-0.39, 0.29) is 11.8 Å². The Kier molecular flexibility index (Phi) is 3.66. The highest BCUT2D eigenvalue weighted by Gasteiger charge is 2.18. The second kappa shape index (κ2) is 5.49. The Hall–Kier alpha value is -2.28. The number of carbonyl (C=O) groups excluding carboxylic acids is 2. The molecular formula is C15H16N4O2S. The first-order valence-electron chi connectivity index (χ1n) is 6.84. The molecule has 0 bridgehead atoms. The van der Waals surface area contributed by atoms with Crippen LogP contribution in [0.1, 0.15) is 21.7 Å². The van der Waals surface area contributed by atoms with Crippen LogP contribution >= 0.6 is 11.8 Å². The van der Waals surface area contributed by atoms with E-state index >= 15 is 0 Å². The summed E-state index contributed by atoms with van der Waals surface area (Å²) >= 11 is 1.47. The van der Waals surface area contributed by atoms with Gasteiger partial charge in [-0.05, 0) is 32.0 Å². The van der Waals surface area contributed by atoms with Crippen molar-refractivity contribution >= 4 is 35.0 Å². The zero-order valence-corrected chi connectivity index (χ0v) is 13.4. The largest absolute Gasteiger partial charge is 0.324 e. The van der Waals surface area contributed by atoms with E-state index in [1.54, 1.807) is 16.8 Å². The van der Waals surface area contributed by atoms with E-state index in [1.807, 2.05) is 27.0 Å². The third-order valence-corrected chi connectivity index (χ3v) is 4.70. The van der Waals surface area contributed by atoms with Crippen LogP contribution in [0, 0.1) is 13.8 Å². The van der Waals surface area contributed by atoms with Gasteiger partial charge in [0.15, 0.2) is 0 Å². The lowest BCUT2D eigenvalue weighted by molar-refractivity contribution is -0.113. The molecule has 0 spiro atoms. The number of aromatic nitrogens is 2. The number of hydrogen-bond donors (Lipinski definition) is 2. The number of nitrogens with one attached hydrogen (secondary N) is 2. The molecule has 2 amide bonds. The van der Waals surface area contributed by atoms with Gasteiger partial charge in [0.2, 0.25) is 5.91 Å². The van der Waals surface area contributed by atoms with Gasteiger partial charge in [-0.2, -0.15) is 5.10 Å². The standard InChI is InChI=1S/C15H16N4O2S/c1-8-14(9(2)19(3)18-8)17-15(21)10-4-5-12-11(6-10)16-13(20)7-22-12/h4-6H,7H2,1-3H3,(H,16,20)(H,17,21). The SMILES string of the molecule is Cc1nn(C)c(C)c1NC(=O)c1ccc2c(c1)NC(=O)CS2. The smallest absolute Gasteiger partial charge is 0.255 e. The molecule has 0 saturated carbocycles. The third-order valence-electron chi connectivity index (χ3n) is 3.62. The molecule has 3 rings (SSSR count). The molecule has 0 fully saturated rings. The molecule has 1 aromatic heterocycles. The second-order valence-electron chi connectivity index (χ2n) is 5.17. The highest BCUT2D eigenvalue weighted by atomic mass is 32.2. The molecule has 0 unspecified atom stereocenters. The Bertz CT molecular complexity index is 782. The van der Waals surface area contributed by atoms with Crippen LogP contribution < -0.4 is 10.6 Å². The summed E-state index contributed by atoms with van der Waals surface area (Å²) in [7, 11) is 1.84. The van der Waals surface area contributed by atoms with Crippen molar-refractivity contribution in [3.63, 3.8) is 0 Å². The van der Waals surface area contributed by atoms with Crippen molar-refractivity contribution in [2.45, 2.75) is 18.7 Å². The Morgan fingerprint density at radius 2 is 2.18 bits per heavy atom. The number of nitrogens with zero attached hydrogens (tertiary/aromatic N) is 2. The van der Waals surface area contributed by atoms with Gasteiger partial charge in [-0.25, -0.2) is 0 Å². The number of thioether (sulfide) groups is 1. The molecule has 114 valence electrons. The topological polar surface area (TPSA) is 76.0 Å². The molecule has 0 atom stereocenters. The zero-order valence-electron chi connectivity index (χ0n) is 12.6. The maximum atomic E-state index is 12.4. The van der Waals surface area contributed by atoms with Crippen LogP contribution in [0.2, 0.25) is 0 Å². The lowest BCUT2D eigenvalue weighted by Gasteiger charge is -2.17. The molecule has 7 heteroatoms. The number of carbonyl (C=O) groups is 2. The first kappa shape index (κ1) is 14.6. The molecule has 1 aromatic carbocycles. The van der Waals surface area contributed by atoms with E-state index in [2.05, 4.69) is 15.7 Å². The van der Waals surface area contributed by atoms with Gasteiger partial charge < -0.3 is 10.6 Å². The molecule has 0 radical (unpaired) electrons. The Balaban J connectivity index is 1.86. The average Bonchev–Trinajstić information content (AvgIpc) is 2.72. The molecule has 2 aromatic rings. The van der Waals surface area contributed by atoms with Crippen molar-refractivity contribution < 1.29 is 9.59 Å². The van der Waals surface area contributed by atoms with E-state index in [1.165, 1.54) is 11.8 Å². The summed E-state index contributed by atoms with van der Waals surface area (Å²) in [4.78, 5) is 24.9. The van der Waals surface area contributed by atoms with Crippen LogP contribution in [0.15, 0.2) is 23.1 Å². The van der Waals surface area contributed by atoms with Crippen LogP contribution in [0.5, 0.6) is 0 Å². The fraction of sp³-hybridized carbons (Fsp3) is 0.267. The zero-order chi connectivity index (χ0) is 15.9. The summed E-state index contributed by atoms with van der Waals surface area (Å²) in [6, 6.07) is 5.33. The Morgan fingerprint density at radius 1 is 1.41 bits per heavy atom. The Labute approximate surface area is 132 Å². The number of anilines is 2. The number of aryl methyl sites for hydroxylation is 2. The van der Waals surface area contributed by atoms with Gasteiger partial charge in [0, 0.05) is 17.5 Å². The van der Waals surface area contributed by atoms with Crippen molar-refractivity contribution in [2.75, 3.05) is 16.4 Å². The van der Waals surface area contributed by atoms with Gasteiger partial charge in [-0.15, -0.1) is 11.8 Å². The van der Waals surface area contributed by atoms with E-state index < -0.39 is 0 Å². The second-order valence-corrected chi connectivity index (χ2v) is 6.19. The molecule has 6 nitrogen and oxygen atoms in total. The molecule has 22 heavy (non-hydrogen) atoms. The minimum absolute atomic E-state index is 0.0472. The number of hydrogen-bond acceptors (Lipinski definition) is 4. The van der Waals surface area contributed by atoms with Crippen LogP contribution in [-0.2, 0) is 11.8 Å². The molecular weight excluding hydrogens is 300 g/mol. The molecule has 2 N–H and O–H groups in total. The number of amides is 2. The van der Waals surface area contributed by atoms with Gasteiger partial charge in [-0.1, -0.05) is 0 Å². The van der Waals surface area contributed by atoms with Crippen molar-refractivity contribution in [2.24, 2.45) is 7.05 Å². The van der Waals surface area contributed by atoms with Gasteiger partial charge in [0.1, 0.15) is 0 Å². The van der Waals surface area contributed by atoms with Gasteiger partial charge in [-0.3, -0.25) is 14.3 Å². The van der Waals surface area contributed by atoms with E-state index in [4.69, 9.17) is 0 Å². The molecule has 1 aliphatic rings. The van der Waals surface area contributed by atoms with E-state index in [9.17, 15) is 9.59 Å². The van der Waals surface area contributed by atoms with Gasteiger partial charge in [0.05, 0.1) is 28.5 Å². The lowest BCUT2D eigenvalue weighted by Crippen LogP contribution is -2.20. The van der Waals surface area contributed by atoms with E-state index in [0.29, 0.717) is 17.0 Å². The quantitative estimate of drug-likeness (QED) is 0.891. The van der Waals surface area contributed by atoms with Crippen molar-refractivity contribution in [3.8, 4) is 0 Å². The summed E-state index contributed by atoms with van der Waals surface area (Å²) in [6.45, 7) is 3.76. The normalized spacial score (nSPS) is 13.5. The number of fused-ring (bicyclic) bond motifs is 1. The third kappa shape index (κ3) is 2.59. The monoisotopic (exact) mass is 316 g/mol. The van der Waals surface area contributed by atoms with Crippen LogP contribution in [-0.4, -0.2) is 27.3 Å². The first-order chi connectivity index (χ1) is 10.5. The number of benzene rings is 1. The summed E-state index contributed by atoms with van der Waals surface area (Å²) in [5.41, 5.74) is 3.59. The average molecular weight is 316 g/mol. The van der Waals surface area contributed by atoms with Crippen LogP contribution in [0.3, 0.4) is 0 Å². The minimum atomic E-state index is -0.216. The predicted octanol–water partition coefficient (Wildman–Crippen LogP) is 2.33. The number of rotatable bonds is 2. The lowest BCUT2D eigenvalue weighted by atomic mass is 10.1. The summed E-state index contributed by atoms with van der Waals surface area (Å²) in [5, 5.41) is 9.96. The highest BCUT2D eigenvalue weighted by molar-refractivity contribution is 8.00. The minimum Gasteiger partial charge on any atom is -0.324 e. The summed E-state index contributed by atoms with van der Waals surface area (Å²) in [5.74, 6) is 0.146. The van der Waals surface area contributed by atoms with Gasteiger partial charge in [0.25, 0.3) is 5.91 Å². The maximum Gasteiger partial charge on any atom is 0.255 e. The fourth-order valence-electron chi connectivity index (χ4n) is 2.36. The predicted molar refractivity (Wildman–Crippen MR) is 86.4 cm³/mol. The van der Waals surface area contributed by atoms with Crippen molar-refractivity contribution in [3.05, 3.63) is 35.2 Å². The summed E-state index contributed by atoms with van der Waals surface area (Å²) < 4.78 is 1.73. The van der Waals surface area contributed by atoms with Gasteiger partial charge >= 0.3 is 0 Å². The highest BCUT2D eigenvalue weighted by Crippen LogP contribution is 2.32. The van der Waals surface area contributed by atoms with Crippen LogP contribution in [0.25, 0.3) is 0 Å². The van der Waals surface area contributed by atoms with Crippen LogP contribution in [0.4, 0.5) is 11.4 Å². The molecule has 0 saturated heterocycles. The fourth-order valence-corrected chi connectivity index (χ4v) is 3.15. The molecule has 2 heterocycles. The Morgan fingerprint density at radius 3 is 2.86 bits per heavy atom. The first-order valence-corrected chi connectivity index (χ1v) is 7.82. The summed E-state index contributed by atoms with van der Waals surface area (Å²) in [6.07, 6.45) is 0.